The molecular weight excluding hydrogens is 588 g/mol. The van der Waals surface area contributed by atoms with Crippen molar-refractivity contribution in [3.63, 3.8) is 0 Å². The molecule has 0 radical (unpaired) electrons. The first kappa shape index (κ1) is 28.6. The smallest absolute Gasteiger partial charge is 0.335 e. The molecule has 6 N–H and O–H groups in total. The summed E-state index contributed by atoms with van der Waals surface area (Å²) in [6.07, 6.45) is 3.89. The van der Waals surface area contributed by atoms with Crippen molar-refractivity contribution in [3.8, 4) is 17.3 Å². The van der Waals surface area contributed by atoms with Crippen molar-refractivity contribution in [1.29, 1.82) is 0 Å². The number of benzene rings is 2. The van der Waals surface area contributed by atoms with Crippen LogP contribution in [-0.4, -0.2) is 53.7 Å². The molecule has 45 heavy (non-hydrogen) atoms. The molecule has 3 aromatic heterocycles. The molecule has 1 aliphatic heterocycles. The lowest BCUT2D eigenvalue weighted by molar-refractivity contribution is 0.0696. The number of anilines is 1. The van der Waals surface area contributed by atoms with Crippen LogP contribution in [0.1, 0.15) is 31.8 Å². The second-order valence-corrected chi connectivity index (χ2v) is 9.80. The molecule has 15 nitrogen and oxygen atoms in total. The number of allylic oxidation sites excluding steroid dienone is 1. The molecule has 0 bridgehead atoms. The average Bonchev–Trinajstić information content (AvgIpc) is 3.52. The van der Waals surface area contributed by atoms with Crippen LogP contribution in [0.3, 0.4) is 0 Å². The number of nitrogens with one attached hydrogen (secondary N) is 3. The van der Waals surface area contributed by atoms with Crippen LogP contribution in [0.25, 0.3) is 28.9 Å². The number of ether oxygens (including phenoxy) is 1. The van der Waals surface area contributed by atoms with Gasteiger partial charge in [0.05, 0.1) is 28.1 Å². The number of aromatic carboxylic acids is 1. The average molecular weight is 611 g/mol. The lowest BCUT2D eigenvalue weighted by Gasteiger charge is -2.12. The summed E-state index contributed by atoms with van der Waals surface area (Å²) in [4.78, 5) is 68.8. The Labute approximate surface area is 249 Å². The molecule has 0 atom stereocenters. The molecule has 0 aliphatic carbocycles. The first-order valence-corrected chi connectivity index (χ1v) is 13.2. The molecule has 1 aliphatic rings. The quantitative estimate of drug-likeness (QED) is 0.140. The molecule has 0 unspecified atom stereocenters. The van der Waals surface area contributed by atoms with Crippen LogP contribution in [0, 0.1) is 6.92 Å². The number of aliphatic hydroxyl groups excluding tert-OH is 1. The second-order valence-electron chi connectivity index (χ2n) is 9.80. The number of carbonyl (C=O) groups is 2. The first-order chi connectivity index (χ1) is 21.6. The van der Waals surface area contributed by atoms with E-state index in [4.69, 9.17) is 14.9 Å². The van der Waals surface area contributed by atoms with Gasteiger partial charge in [-0.1, -0.05) is 6.08 Å². The summed E-state index contributed by atoms with van der Waals surface area (Å²) in [5, 5.41) is 36.4. The van der Waals surface area contributed by atoms with Gasteiger partial charge in [-0.25, -0.2) is 9.48 Å². The number of carboxylic acid groups (broad SMARTS) is 1. The number of rotatable bonds is 7. The van der Waals surface area contributed by atoms with Gasteiger partial charge in [-0.3, -0.25) is 24.3 Å². The number of carbonyl (C=O) groups excluding carboxylic acids is 1. The van der Waals surface area contributed by atoms with Gasteiger partial charge in [-0.05, 0) is 73.2 Å². The van der Waals surface area contributed by atoms with E-state index < -0.39 is 41.1 Å². The van der Waals surface area contributed by atoms with Gasteiger partial charge < -0.3 is 30.0 Å². The number of fused-ring (bicyclic) bond motifs is 2. The molecule has 0 fully saturated rings. The zero-order valence-corrected chi connectivity index (χ0v) is 23.2. The highest BCUT2D eigenvalue weighted by Crippen LogP contribution is 2.21. The fourth-order valence-electron chi connectivity index (χ4n) is 4.94. The summed E-state index contributed by atoms with van der Waals surface area (Å²) in [7, 11) is 0. The van der Waals surface area contributed by atoms with Gasteiger partial charge in [0.1, 0.15) is 16.8 Å². The predicted octanol–water partition coefficient (Wildman–Crippen LogP) is 0.425. The molecule has 5 aromatic rings. The maximum atomic E-state index is 13.3. The van der Waals surface area contributed by atoms with Crippen molar-refractivity contribution in [3.05, 3.63) is 118 Å². The second kappa shape index (κ2) is 11.0. The van der Waals surface area contributed by atoms with E-state index in [1.807, 2.05) is 0 Å². The predicted molar refractivity (Wildman–Crippen MR) is 160 cm³/mol. The van der Waals surface area contributed by atoms with E-state index in [-0.39, 0.29) is 38.4 Å². The van der Waals surface area contributed by atoms with Crippen LogP contribution in [0.5, 0.6) is 11.6 Å². The Hall–Kier alpha value is -6.48. The van der Waals surface area contributed by atoms with Crippen LogP contribution in [-0.2, 0) is 0 Å². The fraction of sp³-hybridized carbons (Fsp3) is 0.0667. The molecule has 226 valence electrons. The van der Waals surface area contributed by atoms with Gasteiger partial charge in [0.2, 0.25) is 11.3 Å². The number of aromatic nitrogens is 4. The number of aromatic amines is 3. The maximum Gasteiger partial charge on any atom is 0.335 e. The summed E-state index contributed by atoms with van der Waals surface area (Å²) in [6.45, 7) is 1.03. The highest BCUT2D eigenvalue weighted by atomic mass is 16.6. The van der Waals surface area contributed by atoms with Gasteiger partial charge in [0.25, 0.3) is 17.0 Å². The van der Waals surface area contributed by atoms with Gasteiger partial charge >= 0.3 is 5.97 Å². The number of nitrogens with zero attached hydrogens (tertiary/aromatic N) is 3. The molecule has 6 rings (SSSR count). The Morgan fingerprint density at radius 3 is 2.36 bits per heavy atom. The molecule has 0 saturated heterocycles. The summed E-state index contributed by atoms with van der Waals surface area (Å²) in [5.41, 5.74) is -1.14. The Kier molecular flexibility index (Phi) is 6.98. The van der Waals surface area contributed by atoms with E-state index in [9.17, 15) is 29.1 Å². The number of aromatic hydroxyl groups is 1. The summed E-state index contributed by atoms with van der Waals surface area (Å²) in [5.74, 6) is -1.83. The van der Waals surface area contributed by atoms with Crippen LogP contribution in [0.4, 0.5) is 5.69 Å². The van der Waals surface area contributed by atoms with Gasteiger partial charge in [0, 0.05) is 5.22 Å². The first-order valence-electron chi connectivity index (χ1n) is 13.2. The highest BCUT2D eigenvalue weighted by Gasteiger charge is 2.28. The molecule has 1 amide bonds. The van der Waals surface area contributed by atoms with E-state index >= 15 is 0 Å². The van der Waals surface area contributed by atoms with Crippen LogP contribution < -0.4 is 37.0 Å². The molecule has 4 heterocycles. The normalized spacial score (nSPS) is 13.1. The lowest BCUT2D eigenvalue weighted by atomic mass is 10.1. The molecule has 2 aromatic carbocycles. The number of hydrogen-bond donors (Lipinski definition) is 6. The Morgan fingerprint density at radius 1 is 1.00 bits per heavy atom. The Morgan fingerprint density at radius 2 is 1.69 bits per heavy atom. The number of hydrogen-bond acceptors (Lipinski definition) is 9. The zero-order chi connectivity index (χ0) is 32.0. The fourth-order valence-corrected chi connectivity index (χ4v) is 4.94. The van der Waals surface area contributed by atoms with Crippen LogP contribution in [0.2, 0.25) is 0 Å². The van der Waals surface area contributed by atoms with Crippen molar-refractivity contribution in [2.75, 3.05) is 11.8 Å². The summed E-state index contributed by atoms with van der Waals surface area (Å²) in [6, 6.07) is 11.6. The van der Waals surface area contributed by atoms with E-state index in [2.05, 4.69) is 20.2 Å². The van der Waals surface area contributed by atoms with Crippen molar-refractivity contribution >= 4 is 40.7 Å². The number of pyridine rings is 2. The number of aliphatic hydroxyl groups is 1. The van der Waals surface area contributed by atoms with Crippen molar-refractivity contribution in [2.24, 2.45) is 5.10 Å². The van der Waals surface area contributed by atoms with Crippen LogP contribution >= 0.6 is 0 Å². The van der Waals surface area contributed by atoms with Crippen molar-refractivity contribution < 1.29 is 29.6 Å². The number of amides is 1. The minimum Gasteiger partial charge on any atom is -0.494 e. The molecule has 0 spiro atoms. The van der Waals surface area contributed by atoms with Crippen molar-refractivity contribution in [2.45, 2.75) is 6.92 Å². The summed E-state index contributed by atoms with van der Waals surface area (Å²) >= 11 is 0. The van der Waals surface area contributed by atoms with E-state index in [1.165, 1.54) is 66.8 Å². The lowest BCUT2D eigenvalue weighted by Crippen LogP contribution is -2.38. The third-order valence-electron chi connectivity index (χ3n) is 7.17. The maximum absolute atomic E-state index is 13.3. The minimum absolute atomic E-state index is 0.0188. The molecular formula is C30H22N6O9. The van der Waals surface area contributed by atoms with E-state index in [0.29, 0.717) is 22.7 Å². The van der Waals surface area contributed by atoms with E-state index in [1.54, 1.807) is 6.92 Å². The summed E-state index contributed by atoms with van der Waals surface area (Å²) < 4.78 is 6.08. The zero-order valence-electron chi connectivity index (χ0n) is 23.2. The third-order valence-corrected chi connectivity index (χ3v) is 7.17. The largest absolute Gasteiger partial charge is 0.494 e. The Bertz CT molecular complexity index is 2360. The molecule has 0 saturated carbocycles. The van der Waals surface area contributed by atoms with Gasteiger partial charge in [0.15, 0.2) is 12.3 Å². The number of H-pyrrole nitrogens is 3. The van der Waals surface area contributed by atoms with Crippen molar-refractivity contribution in [1.82, 2.24) is 19.7 Å². The van der Waals surface area contributed by atoms with E-state index in [0.717, 1.165) is 9.69 Å². The monoisotopic (exact) mass is 610 g/mol. The highest BCUT2D eigenvalue weighted by molar-refractivity contribution is 6.08. The minimum atomic E-state index is -1.12. The molecule has 15 heteroatoms. The number of carboxylic acids is 1. The Balaban J connectivity index is 1.34. The van der Waals surface area contributed by atoms with Crippen LogP contribution in [0.15, 0.2) is 74.1 Å². The SMILES string of the molecule is Cc1c2c([nH]c(=O)c1=CC=Cc1c(O)[nH]c3[nH]n(-c4ccc(OCO)cc4)c(=O)c3c1=O)=NN(c1ccc(C(=O)O)cc1)C2=O. The van der Waals surface area contributed by atoms with Gasteiger partial charge in [-0.15, -0.1) is 5.10 Å². The van der Waals surface area contributed by atoms with Gasteiger partial charge in [-0.2, -0.15) is 5.01 Å². The topological polar surface area (TPSA) is 223 Å². The standard InChI is InChI=1S/C30H22N6O9/c1-14-19(26(39)31-24-21(14)28(41)35(33-24)16-7-5-15(6-8-16)30(43)44)3-2-4-20-23(38)22-25(32-27(20)40)34-36(29(22)42)17-9-11-18(12-10-17)45-13-37/h2-12,37H,13H2,1H3,(H,43,44)(H,31,33,39)(H3,32,34,38,40). The third kappa shape index (κ3) is 4.88.